The van der Waals surface area contributed by atoms with E-state index >= 15 is 0 Å². The molecule has 0 amide bonds. The van der Waals surface area contributed by atoms with Crippen LogP contribution in [-0.4, -0.2) is 42.1 Å². The molecule has 0 spiro atoms. The van der Waals surface area contributed by atoms with Crippen LogP contribution in [-0.2, 0) is 0 Å². The Hall–Kier alpha value is -1.60. The Morgan fingerprint density at radius 3 is 2.59 bits per heavy atom. The van der Waals surface area contributed by atoms with Crippen LogP contribution in [0.25, 0.3) is 0 Å². The Kier molecular flexibility index (Phi) is 3.30. The summed E-state index contributed by atoms with van der Waals surface area (Å²) in [6, 6.07) is 6.78. The summed E-state index contributed by atoms with van der Waals surface area (Å²) in [4.78, 5) is 9.00. The molecular weight excluding hydrogens is 212 g/mol. The van der Waals surface area contributed by atoms with Gasteiger partial charge in [0.2, 0.25) is 0 Å². The van der Waals surface area contributed by atoms with Gasteiger partial charge in [-0.25, -0.2) is 4.98 Å². The molecule has 1 aliphatic rings. The van der Waals surface area contributed by atoms with E-state index in [9.17, 15) is 0 Å². The molecule has 0 aliphatic carbocycles. The number of nitrogens with zero attached hydrogens (tertiary/aromatic N) is 4. The zero-order valence-corrected chi connectivity index (χ0v) is 10.6. The monoisotopic (exact) mass is 230 g/mol. The maximum atomic E-state index is 8.90. The van der Waals surface area contributed by atoms with Crippen molar-refractivity contribution in [2.75, 3.05) is 25.0 Å². The topological polar surface area (TPSA) is 43.2 Å². The maximum absolute atomic E-state index is 8.90. The molecule has 1 aliphatic heterocycles. The molecule has 0 bridgehead atoms. The first-order valence-electron chi connectivity index (χ1n) is 5.95. The molecule has 1 aromatic heterocycles. The number of likely N-dealkylation sites (N-methyl/N-ethyl adjacent to an activating group) is 1. The first-order valence-corrected chi connectivity index (χ1v) is 5.95. The molecule has 90 valence electrons. The second-order valence-corrected chi connectivity index (χ2v) is 4.78. The second-order valence-electron chi connectivity index (χ2n) is 4.78. The Morgan fingerprint density at radius 2 is 2.00 bits per heavy atom. The lowest BCUT2D eigenvalue weighted by atomic mass is 10.1. The number of aromatic nitrogens is 1. The van der Waals surface area contributed by atoms with Crippen LogP contribution in [0.15, 0.2) is 18.3 Å². The molecule has 0 radical (unpaired) electrons. The highest BCUT2D eigenvalue weighted by atomic mass is 15.3. The number of hydrogen-bond donors (Lipinski definition) is 0. The third-order valence-corrected chi connectivity index (χ3v) is 3.56. The fraction of sp³-hybridized carbons (Fsp3) is 0.538. The molecule has 0 aromatic carbocycles. The van der Waals surface area contributed by atoms with Crippen LogP contribution >= 0.6 is 0 Å². The fourth-order valence-corrected chi connectivity index (χ4v) is 2.25. The van der Waals surface area contributed by atoms with Crippen molar-refractivity contribution >= 4 is 5.82 Å². The minimum Gasteiger partial charge on any atom is -0.353 e. The van der Waals surface area contributed by atoms with E-state index in [4.69, 9.17) is 5.26 Å². The quantitative estimate of drug-likeness (QED) is 0.733. The van der Waals surface area contributed by atoms with Crippen molar-refractivity contribution in [3.05, 3.63) is 23.9 Å². The Balaban J connectivity index is 2.20. The van der Waals surface area contributed by atoms with Crippen LogP contribution in [0.5, 0.6) is 0 Å². The largest absolute Gasteiger partial charge is 0.353 e. The molecule has 2 heterocycles. The number of pyridine rings is 1. The van der Waals surface area contributed by atoms with Crippen LogP contribution in [0.1, 0.15) is 19.4 Å². The van der Waals surface area contributed by atoms with E-state index in [1.54, 1.807) is 12.3 Å². The van der Waals surface area contributed by atoms with Gasteiger partial charge in [-0.1, -0.05) is 0 Å². The SMILES string of the molecule is CC1CN(c2cc(C#N)ccn2)CC(C)N1C. The number of anilines is 1. The lowest BCUT2D eigenvalue weighted by molar-refractivity contribution is 0.169. The third-order valence-electron chi connectivity index (χ3n) is 3.56. The molecule has 4 nitrogen and oxygen atoms in total. The van der Waals surface area contributed by atoms with Crippen molar-refractivity contribution in [2.24, 2.45) is 0 Å². The summed E-state index contributed by atoms with van der Waals surface area (Å²) in [6.07, 6.45) is 1.71. The van der Waals surface area contributed by atoms with Crippen LogP contribution in [0.2, 0.25) is 0 Å². The fourth-order valence-electron chi connectivity index (χ4n) is 2.25. The summed E-state index contributed by atoms with van der Waals surface area (Å²) in [6.45, 7) is 6.36. The molecule has 1 saturated heterocycles. The molecule has 2 unspecified atom stereocenters. The predicted octanol–water partition coefficient (Wildman–Crippen LogP) is 1.48. The Morgan fingerprint density at radius 1 is 1.35 bits per heavy atom. The number of piperazine rings is 1. The van der Waals surface area contributed by atoms with Gasteiger partial charge >= 0.3 is 0 Å². The van der Waals surface area contributed by atoms with Gasteiger partial charge in [0.1, 0.15) is 5.82 Å². The van der Waals surface area contributed by atoms with E-state index in [2.05, 4.69) is 41.7 Å². The molecule has 1 fully saturated rings. The Labute approximate surface area is 102 Å². The van der Waals surface area contributed by atoms with Gasteiger partial charge in [-0.2, -0.15) is 5.26 Å². The number of rotatable bonds is 1. The molecular formula is C13H18N4. The molecule has 4 heteroatoms. The predicted molar refractivity (Wildman–Crippen MR) is 67.9 cm³/mol. The molecule has 17 heavy (non-hydrogen) atoms. The first kappa shape index (κ1) is 11.9. The van der Waals surface area contributed by atoms with E-state index < -0.39 is 0 Å². The highest BCUT2D eigenvalue weighted by molar-refractivity contribution is 5.45. The van der Waals surface area contributed by atoms with Crippen molar-refractivity contribution in [1.82, 2.24) is 9.88 Å². The van der Waals surface area contributed by atoms with Gasteiger partial charge in [-0.05, 0) is 33.0 Å². The van der Waals surface area contributed by atoms with Gasteiger partial charge in [0, 0.05) is 31.4 Å². The van der Waals surface area contributed by atoms with Gasteiger partial charge in [0.05, 0.1) is 11.6 Å². The summed E-state index contributed by atoms with van der Waals surface area (Å²) in [5.41, 5.74) is 0.675. The summed E-state index contributed by atoms with van der Waals surface area (Å²) in [7, 11) is 2.16. The standard InChI is InChI=1S/C13H18N4/c1-10-8-17(9-11(2)16(10)3)13-6-12(7-14)4-5-15-13/h4-6,10-11H,8-9H2,1-3H3. The van der Waals surface area contributed by atoms with E-state index in [-0.39, 0.29) is 0 Å². The van der Waals surface area contributed by atoms with Gasteiger partial charge in [-0.15, -0.1) is 0 Å². The molecule has 2 atom stereocenters. The summed E-state index contributed by atoms with van der Waals surface area (Å²) in [5, 5.41) is 8.90. The lowest BCUT2D eigenvalue weighted by Gasteiger charge is -2.43. The van der Waals surface area contributed by atoms with Gasteiger partial charge in [0.15, 0.2) is 0 Å². The minimum atomic E-state index is 0.506. The average molecular weight is 230 g/mol. The van der Waals surface area contributed by atoms with Crippen LogP contribution in [0.3, 0.4) is 0 Å². The number of hydrogen-bond acceptors (Lipinski definition) is 4. The van der Waals surface area contributed by atoms with Gasteiger partial charge in [0.25, 0.3) is 0 Å². The lowest BCUT2D eigenvalue weighted by Crippen LogP contribution is -2.55. The van der Waals surface area contributed by atoms with Crippen molar-refractivity contribution in [1.29, 1.82) is 5.26 Å². The molecule has 1 aromatic rings. The van der Waals surface area contributed by atoms with E-state index in [0.29, 0.717) is 17.6 Å². The minimum absolute atomic E-state index is 0.506. The van der Waals surface area contributed by atoms with Crippen LogP contribution < -0.4 is 4.90 Å². The first-order chi connectivity index (χ1) is 8.11. The number of nitriles is 1. The normalized spacial score (nSPS) is 25.6. The van der Waals surface area contributed by atoms with Crippen molar-refractivity contribution in [3.63, 3.8) is 0 Å². The van der Waals surface area contributed by atoms with Crippen molar-refractivity contribution in [3.8, 4) is 6.07 Å². The van der Waals surface area contributed by atoms with Crippen LogP contribution in [0, 0.1) is 11.3 Å². The van der Waals surface area contributed by atoms with Crippen LogP contribution in [0.4, 0.5) is 5.82 Å². The smallest absolute Gasteiger partial charge is 0.129 e. The van der Waals surface area contributed by atoms with E-state index in [0.717, 1.165) is 18.9 Å². The summed E-state index contributed by atoms with van der Waals surface area (Å²) < 4.78 is 0. The molecule has 2 rings (SSSR count). The maximum Gasteiger partial charge on any atom is 0.129 e. The highest BCUT2D eigenvalue weighted by Crippen LogP contribution is 2.19. The van der Waals surface area contributed by atoms with E-state index in [1.807, 2.05) is 6.07 Å². The third kappa shape index (κ3) is 2.40. The van der Waals surface area contributed by atoms with Gasteiger partial charge < -0.3 is 4.90 Å². The Bertz CT molecular complexity index is 425. The average Bonchev–Trinajstić information content (AvgIpc) is 2.35. The molecule has 0 saturated carbocycles. The van der Waals surface area contributed by atoms with Gasteiger partial charge in [-0.3, -0.25) is 4.90 Å². The van der Waals surface area contributed by atoms with E-state index in [1.165, 1.54) is 0 Å². The molecule has 0 N–H and O–H groups in total. The van der Waals surface area contributed by atoms with Crippen molar-refractivity contribution < 1.29 is 0 Å². The zero-order chi connectivity index (χ0) is 12.4. The second kappa shape index (κ2) is 4.72. The summed E-state index contributed by atoms with van der Waals surface area (Å²) >= 11 is 0. The van der Waals surface area contributed by atoms with Crippen molar-refractivity contribution in [2.45, 2.75) is 25.9 Å². The summed E-state index contributed by atoms with van der Waals surface area (Å²) in [5.74, 6) is 0.913. The zero-order valence-electron chi connectivity index (χ0n) is 10.6. The highest BCUT2D eigenvalue weighted by Gasteiger charge is 2.27.